The Balaban J connectivity index is 2.27. The Kier molecular flexibility index (Phi) is 4.79. The summed E-state index contributed by atoms with van der Waals surface area (Å²) in [5.74, 6) is 1.98. The van der Waals surface area contributed by atoms with Crippen LogP contribution in [0.1, 0.15) is 45.4 Å². The normalized spacial score (nSPS) is 30.5. The van der Waals surface area contributed by atoms with Gasteiger partial charge in [0, 0.05) is 0 Å². The van der Waals surface area contributed by atoms with Crippen molar-refractivity contribution in [3.05, 3.63) is 0 Å². The third-order valence-electron chi connectivity index (χ3n) is 3.49. The summed E-state index contributed by atoms with van der Waals surface area (Å²) in [4.78, 5) is 2.32. The van der Waals surface area contributed by atoms with Gasteiger partial charge in [-0.1, -0.05) is 39.0 Å². The van der Waals surface area contributed by atoms with E-state index >= 15 is 0 Å². The first-order valence-electron chi connectivity index (χ1n) is 5.85. The summed E-state index contributed by atoms with van der Waals surface area (Å²) in [5, 5.41) is 0. The Morgan fingerprint density at radius 3 is 2.46 bits per heavy atom. The molecule has 0 spiro atoms. The van der Waals surface area contributed by atoms with Crippen molar-refractivity contribution < 1.29 is 0 Å². The third kappa shape index (κ3) is 4.12. The van der Waals surface area contributed by atoms with E-state index in [4.69, 9.17) is 0 Å². The highest BCUT2D eigenvalue weighted by molar-refractivity contribution is 4.71. The second kappa shape index (κ2) is 5.64. The van der Waals surface area contributed by atoms with E-state index in [-0.39, 0.29) is 0 Å². The van der Waals surface area contributed by atoms with Crippen molar-refractivity contribution in [3.63, 3.8) is 0 Å². The van der Waals surface area contributed by atoms with Crippen molar-refractivity contribution in [2.75, 3.05) is 20.6 Å². The second-order valence-corrected chi connectivity index (χ2v) is 4.97. The van der Waals surface area contributed by atoms with Crippen LogP contribution in [0.3, 0.4) is 0 Å². The van der Waals surface area contributed by atoms with Gasteiger partial charge in [0.05, 0.1) is 0 Å². The fourth-order valence-electron chi connectivity index (χ4n) is 2.42. The first-order valence-corrected chi connectivity index (χ1v) is 5.85. The highest BCUT2D eigenvalue weighted by Crippen LogP contribution is 2.30. The van der Waals surface area contributed by atoms with Crippen molar-refractivity contribution in [2.45, 2.75) is 45.4 Å². The summed E-state index contributed by atoms with van der Waals surface area (Å²) in [6.45, 7) is 3.72. The van der Waals surface area contributed by atoms with Crippen molar-refractivity contribution >= 4 is 0 Å². The lowest BCUT2D eigenvalue weighted by Crippen LogP contribution is -2.19. The van der Waals surface area contributed by atoms with Gasteiger partial charge in [-0.3, -0.25) is 0 Å². The van der Waals surface area contributed by atoms with Crippen LogP contribution >= 0.6 is 0 Å². The largest absolute Gasteiger partial charge is 0.309 e. The molecule has 1 saturated carbocycles. The van der Waals surface area contributed by atoms with Crippen LogP contribution in [0.15, 0.2) is 0 Å². The molecule has 1 nitrogen and oxygen atoms in total. The molecule has 0 N–H and O–H groups in total. The molecule has 1 aliphatic carbocycles. The fourth-order valence-corrected chi connectivity index (χ4v) is 2.42. The van der Waals surface area contributed by atoms with Gasteiger partial charge in [0.1, 0.15) is 0 Å². The lowest BCUT2D eigenvalue weighted by Gasteiger charge is -2.22. The van der Waals surface area contributed by atoms with Crippen LogP contribution in [-0.4, -0.2) is 25.5 Å². The molecule has 1 rings (SSSR count). The average molecular weight is 183 g/mol. The first kappa shape index (κ1) is 11.0. The van der Waals surface area contributed by atoms with Crippen molar-refractivity contribution in [1.82, 2.24) is 4.90 Å². The van der Waals surface area contributed by atoms with Gasteiger partial charge in [0.2, 0.25) is 0 Å². The Morgan fingerprint density at radius 1 is 1.08 bits per heavy atom. The van der Waals surface area contributed by atoms with Gasteiger partial charge in [-0.15, -0.1) is 0 Å². The average Bonchev–Trinajstić information content (AvgIpc) is 2.27. The molecule has 0 aromatic rings. The Hall–Kier alpha value is -0.0400. The van der Waals surface area contributed by atoms with E-state index in [0.29, 0.717) is 0 Å². The van der Waals surface area contributed by atoms with Gasteiger partial charge in [0.15, 0.2) is 0 Å². The van der Waals surface area contributed by atoms with Gasteiger partial charge in [0.25, 0.3) is 0 Å². The van der Waals surface area contributed by atoms with E-state index in [1.807, 2.05) is 0 Å². The van der Waals surface area contributed by atoms with Crippen LogP contribution in [0.2, 0.25) is 0 Å². The van der Waals surface area contributed by atoms with Gasteiger partial charge >= 0.3 is 0 Å². The Morgan fingerprint density at radius 2 is 1.77 bits per heavy atom. The Bertz CT molecular complexity index is 131. The molecule has 13 heavy (non-hydrogen) atoms. The molecule has 0 amide bonds. The molecule has 78 valence electrons. The van der Waals surface area contributed by atoms with E-state index in [9.17, 15) is 0 Å². The third-order valence-corrected chi connectivity index (χ3v) is 3.49. The number of hydrogen-bond donors (Lipinski definition) is 0. The topological polar surface area (TPSA) is 3.24 Å². The van der Waals surface area contributed by atoms with Crippen LogP contribution < -0.4 is 0 Å². The molecular formula is C12H25N. The fraction of sp³-hybridized carbons (Fsp3) is 1.00. The molecular weight excluding hydrogens is 158 g/mol. The zero-order chi connectivity index (χ0) is 9.68. The van der Waals surface area contributed by atoms with E-state index < -0.39 is 0 Å². The summed E-state index contributed by atoms with van der Waals surface area (Å²) in [7, 11) is 4.36. The number of rotatable bonds is 3. The highest BCUT2D eigenvalue weighted by atomic mass is 15.0. The number of nitrogens with zero attached hydrogens (tertiary/aromatic N) is 1. The minimum Gasteiger partial charge on any atom is -0.309 e. The van der Waals surface area contributed by atoms with Crippen LogP contribution in [-0.2, 0) is 0 Å². The maximum Gasteiger partial charge on any atom is -0.00221 e. The van der Waals surface area contributed by atoms with Crippen molar-refractivity contribution in [1.29, 1.82) is 0 Å². The van der Waals surface area contributed by atoms with E-state index in [1.165, 1.54) is 45.1 Å². The quantitative estimate of drug-likeness (QED) is 0.608. The summed E-state index contributed by atoms with van der Waals surface area (Å²) < 4.78 is 0. The molecule has 0 heterocycles. The zero-order valence-electron chi connectivity index (χ0n) is 9.55. The van der Waals surface area contributed by atoms with Crippen LogP contribution in [0.25, 0.3) is 0 Å². The molecule has 0 bridgehead atoms. The predicted octanol–water partition coefficient (Wildman–Crippen LogP) is 3.15. The maximum atomic E-state index is 2.45. The molecule has 1 fully saturated rings. The van der Waals surface area contributed by atoms with Crippen LogP contribution in [0.5, 0.6) is 0 Å². The molecule has 2 atom stereocenters. The summed E-state index contributed by atoms with van der Waals surface area (Å²) in [6, 6.07) is 0. The van der Waals surface area contributed by atoms with E-state index in [2.05, 4.69) is 25.9 Å². The van der Waals surface area contributed by atoms with Gasteiger partial charge in [-0.2, -0.15) is 0 Å². The minimum atomic E-state index is 0.974. The minimum absolute atomic E-state index is 0.974. The predicted molar refractivity (Wildman–Crippen MR) is 58.9 cm³/mol. The molecule has 0 saturated heterocycles. The lowest BCUT2D eigenvalue weighted by atomic mass is 9.87. The number of hydrogen-bond acceptors (Lipinski definition) is 1. The zero-order valence-corrected chi connectivity index (χ0v) is 9.55. The van der Waals surface area contributed by atoms with Crippen LogP contribution in [0, 0.1) is 11.8 Å². The molecule has 0 aromatic heterocycles. The molecule has 0 aromatic carbocycles. The van der Waals surface area contributed by atoms with Gasteiger partial charge in [-0.05, 0) is 38.9 Å². The Labute approximate surface area is 83.5 Å². The first-order chi connectivity index (χ1) is 6.20. The van der Waals surface area contributed by atoms with Crippen LogP contribution in [0.4, 0.5) is 0 Å². The molecule has 0 radical (unpaired) electrons. The molecule has 0 aliphatic heterocycles. The SMILES string of the molecule is CC1CCCCCC1CCN(C)C. The summed E-state index contributed by atoms with van der Waals surface area (Å²) in [5.41, 5.74) is 0. The monoisotopic (exact) mass is 183 g/mol. The maximum absolute atomic E-state index is 2.45. The van der Waals surface area contributed by atoms with Crippen molar-refractivity contribution in [2.24, 2.45) is 11.8 Å². The van der Waals surface area contributed by atoms with E-state index in [1.54, 1.807) is 0 Å². The summed E-state index contributed by atoms with van der Waals surface area (Å²) >= 11 is 0. The van der Waals surface area contributed by atoms with Crippen molar-refractivity contribution in [3.8, 4) is 0 Å². The van der Waals surface area contributed by atoms with Gasteiger partial charge in [-0.25, -0.2) is 0 Å². The lowest BCUT2D eigenvalue weighted by molar-refractivity contribution is 0.274. The molecule has 1 heteroatoms. The smallest absolute Gasteiger partial charge is 0.00221 e. The molecule has 2 unspecified atom stereocenters. The van der Waals surface area contributed by atoms with Gasteiger partial charge < -0.3 is 4.90 Å². The van der Waals surface area contributed by atoms with E-state index in [0.717, 1.165) is 11.8 Å². The molecule has 1 aliphatic rings. The highest BCUT2D eigenvalue weighted by Gasteiger charge is 2.19. The standard InChI is InChI=1S/C12H25N/c1-11-7-5-4-6-8-12(11)9-10-13(2)3/h11-12H,4-10H2,1-3H3. The second-order valence-electron chi connectivity index (χ2n) is 4.97. The summed E-state index contributed by atoms with van der Waals surface area (Å²) in [6.07, 6.45) is 8.78.